The average molecular weight is 413 g/mol. The minimum Gasteiger partial charge on any atom is -0.486 e. The molecule has 0 spiro atoms. The standard InChI is InChI=1S/C16H15Br2NO2/c1-10-2-3-14(12(17)6-10)19-9-11-7-13(18)16-15(8-11)20-4-5-21-16/h2-3,6-8,19H,4-5,9H2,1H3. The highest BCUT2D eigenvalue weighted by Crippen LogP contribution is 2.38. The monoisotopic (exact) mass is 411 g/mol. The van der Waals surface area contributed by atoms with Crippen LogP contribution in [0.1, 0.15) is 11.1 Å². The van der Waals surface area contributed by atoms with E-state index in [2.05, 4.69) is 68.4 Å². The topological polar surface area (TPSA) is 30.5 Å². The summed E-state index contributed by atoms with van der Waals surface area (Å²) in [7, 11) is 0. The van der Waals surface area contributed by atoms with Crippen molar-refractivity contribution >= 4 is 37.5 Å². The van der Waals surface area contributed by atoms with Crippen LogP contribution in [-0.2, 0) is 6.54 Å². The Labute approximate surface area is 140 Å². The number of aryl methyl sites for hydroxylation is 1. The molecule has 0 fully saturated rings. The van der Waals surface area contributed by atoms with E-state index in [1.54, 1.807) is 0 Å². The van der Waals surface area contributed by atoms with Crippen LogP contribution in [0.25, 0.3) is 0 Å². The first-order valence-corrected chi connectivity index (χ1v) is 8.30. The molecule has 3 nitrogen and oxygen atoms in total. The van der Waals surface area contributed by atoms with Gasteiger partial charge in [0.2, 0.25) is 0 Å². The average Bonchev–Trinajstić information content (AvgIpc) is 2.46. The van der Waals surface area contributed by atoms with Crippen LogP contribution in [0.2, 0.25) is 0 Å². The third-order valence-electron chi connectivity index (χ3n) is 3.26. The Kier molecular flexibility index (Phi) is 4.40. The number of halogens is 2. The lowest BCUT2D eigenvalue weighted by atomic mass is 10.1. The summed E-state index contributed by atoms with van der Waals surface area (Å²) < 4.78 is 13.2. The molecular weight excluding hydrogens is 398 g/mol. The zero-order valence-electron chi connectivity index (χ0n) is 11.6. The molecule has 0 atom stereocenters. The zero-order chi connectivity index (χ0) is 14.8. The summed E-state index contributed by atoms with van der Waals surface area (Å²) in [5.41, 5.74) is 3.44. The van der Waals surface area contributed by atoms with Gasteiger partial charge >= 0.3 is 0 Å². The van der Waals surface area contributed by atoms with Gasteiger partial charge in [0.05, 0.1) is 4.47 Å². The summed E-state index contributed by atoms with van der Waals surface area (Å²) in [6.07, 6.45) is 0. The first-order valence-electron chi connectivity index (χ1n) is 6.71. The smallest absolute Gasteiger partial charge is 0.175 e. The summed E-state index contributed by atoms with van der Waals surface area (Å²) in [6.45, 7) is 3.99. The predicted molar refractivity (Wildman–Crippen MR) is 91.3 cm³/mol. The molecular formula is C16H15Br2NO2. The summed E-state index contributed by atoms with van der Waals surface area (Å²) in [4.78, 5) is 0. The van der Waals surface area contributed by atoms with Gasteiger partial charge in [-0.1, -0.05) is 6.07 Å². The van der Waals surface area contributed by atoms with E-state index in [1.807, 2.05) is 6.07 Å². The molecule has 0 bridgehead atoms. The Morgan fingerprint density at radius 2 is 1.86 bits per heavy atom. The van der Waals surface area contributed by atoms with Gasteiger partial charge in [-0.25, -0.2) is 0 Å². The highest BCUT2D eigenvalue weighted by molar-refractivity contribution is 9.11. The molecule has 0 radical (unpaired) electrons. The number of hydrogen-bond donors (Lipinski definition) is 1. The number of fused-ring (bicyclic) bond motifs is 1. The second-order valence-electron chi connectivity index (χ2n) is 4.94. The lowest BCUT2D eigenvalue weighted by molar-refractivity contribution is 0.170. The van der Waals surface area contributed by atoms with E-state index >= 15 is 0 Å². The van der Waals surface area contributed by atoms with Crippen molar-refractivity contribution in [3.05, 3.63) is 50.4 Å². The molecule has 0 saturated heterocycles. The van der Waals surface area contributed by atoms with Gasteiger partial charge in [-0.05, 0) is 74.2 Å². The number of hydrogen-bond acceptors (Lipinski definition) is 3. The number of ether oxygens (including phenoxy) is 2. The maximum absolute atomic E-state index is 5.64. The summed E-state index contributed by atoms with van der Waals surface area (Å²) in [5.74, 6) is 1.59. The number of benzene rings is 2. The minimum atomic E-state index is 0.597. The highest BCUT2D eigenvalue weighted by Gasteiger charge is 2.16. The Balaban J connectivity index is 1.77. The van der Waals surface area contributed by atoms with E-state index in [0.717, 1.165) is 38.2 Å². The van der Waals surface area contributed by atoms with Crippen LogP contribution < -0.4 is 14.8 Å². The van der Waals surface area contributed by atoms with Crippen molar-refractivity contribution < 1.29 is 9.47 Å². The molecule has 2 aromatic carbocycles. The van der Waals surface area contributed by atoms with Gasteiger partial charge in [-0.15, -0.1) is 0 Å². The molecule has 3 rings (SSSR count). The molecule has 0 aromatic heterocycles. The van der Waals surface area contributed by atoms with E-state index in [-0.39, 0.29) is 0 Å². The molecule has 0 amide bonds. The van der Waals surface area contributed by atoms with E-state index in [0.29, 0.717) is 13.2 Å². The molecule has 2 aromatic rings. The van der Waals surface area contributed by atoms with Crippen molar-refractivity contribution in [3.63, 3.8) is 0 Å². The Bertz CT molecular complexity index is 674. The first kappa shape index (κ1) is 14.7. The van der Waals surface area contributed by atoms with Crippen molar-refractivity contribution in [2.75, 3.05) is 18.5 Å². The van der Waals surface area contributed by atoms with Crippen LogP contribution in [0.15, 0.2) is 39.3 Å². The minimum absolute atomic E-state index is 0.597. The molecule has 0 aliphatic carbocycles. The molecule has 0 unspecified atom stereocenters. The van der Waals surface area contributed by atoms with E-state index in [9.17, 15) is 0 Å². The van der Waals surface area contributed by atoms with Crippen LogP contribution in [0.4, 0.5) is 5.69 Å². The zero-order valence-corrected chi connectivity index (χ0v) is 14.8. The second-order valence-corrected chi connectivity index (χ2v) is 6.65. The predicted octanol–water partition coefficient (Wildman–Crippen LogP) is 4.90. The molecule has 1 aliphatic rings. The van der Waals surface area contributed by atoms with Crippen molar-refractivity contribution in [1.82, 2.24) is 0 Å². The highest BCUT2D eigenvalue weighted by atomic mass is 79.9. The largest absolute Gasteiger partial charge is 0.486 e. The Morgan fingerprint density at radius 3 is 2.67 bits per heavy atom. The van der Waals surface area contributed by atoms with Crippen LogP contribution >= 0.6 is 31.9 Å². The van der Waals surface area contributed by atoms with Crippen molar-refractivity contribution in [1.29, 1.82) is 0 Å². The van der Waals surface area contributed by atoms with Crippen molar-refractivity contribution in [2.24, 2.45) is 0 Å². The molecule has 110 valence electrons. The summed E-state index contributed by atoms with van der Waals surface area (Å²) in [5, 5.41) is 3.43. The normalized spacial score (nSPS) is 13.1. The van der Waals surface area contributed by atoms with Gasteiger partial charge in [0.15, 0.2) is 11.5 Å². The quantitative estimate of drug-likeness (QED) is 0.777. The maximum Gasteiger partial charge on any atom is 0.175 e. The second kappa shape index (κ2) is 6.28. The molecule has 1 heterocycles. The molecule has 0 saturated carbocycles. The molecule has 21 heavy (non-hydrogen) atoms. The van der Waals surface area contributed by atoms with Gasteiger partial charge in [0.1, 0.15) is 13.2 Å². The van der Waals surface area contributed by atoms with Gasteiger partial charge in [0, 0.05) is 16.7 Å². The van der Waals surface area contributed by atoms with Gasteiger partial charge in [0.25, 0.3) is 0 Å². The molecule has 1 N–H and O–H groups in total. The van der Waals surface area contributed by atoms with E-state index in [1.165, 1.54) is 5.56 Å². The molecule has 5 heteroatoms. The fourth-order valence-corrected chi connectivity index (χ4v) is 3.46. The van der Waals surface area contributed by atoms with Crippen LogP contribution in [0.3, 0.4) is 0 Å². The third kappa shape index (κ3) is 3.35. The SMILES string of the molecule is Cc1ccc(NCc2cc(Br)c3c(c2)OCCO3)c(Br)c1. The summed E-state index contributed by atoms with van der Waals surface area (Å²) in [6, 6.07) is 10.3. The van der Waals surface area contributed by atoms with Crippen LogP contribution in [0, 0.1) is 6.92 Å². The molecule has 1 aliphatic heterocycles. The lowest BCUT2D eigenvalue weighted by Crippen LogP contribution is -2.16. The van der Waals surface area contributed by atoms with Crippen LogP contribution in [0.5, 0.6) is 11.5 Å². The fraction of sp³-hybridized carbons (Fsp3) is 0.250. The maximum atomic E-state index is 5.64. The number of nitrogens with one attached hydrogen (secondary N) is 1. The number of rotatable bonds is 3. The van der Waals surface area contributed by atoms with E-state index in [4.69, 9.17) is 9.47 Å². The van der Waals surface area contributed by atoms with Crippen molar-refractivity contribution in [3.8, 4) is 11.5 Å². The Morgan fingerprint density at radius 1 is 1.05 bits per heavy atom. The van der Waals surface area contributed by atoms with Crippen LogP contribution in [-0.4, -0.2) is 13.2 Å². The number of anilines is 1. The fourth-order valence-electron chi connectivity index (χ4n) is 2.23. The summed E-state index contributed by atoms with van der Waals surface area (Å²) >= 11 is 7.12. The van der Waals surface area contributed by atoms with Gasteiger partial charge < -0.3 is 14.8 Å². The van der Waals surface area contributed by atoms with E-state index < -0.39 is 0 Å². The Hall–Kier alpha value is -1.20. The van der Waals surface area contributed by atoms with Gasteiger partial charge in [-0.3, -0.25) is 0 Å². The first-order chi connectivity index (χ1) is 10.1. The van der Waals surface area contributed by atoms with Crippen molar-refractivity contribution in [2.45, 2.75) is 13.5 Å². The van der Waals surface area contributed by atoms with Gasteiger partial charge in [-0.2, -0.15) is 0 Å². The third-order valence-corrected chi connectivity index (χ3v) is 4.51. The lowest BCUT2D eigenvalue weighted by Gasteiger charge is -2.20.